The Morgan fingerprint density at radius 3 is 2.53 bits per heavy atom. The first-order valence-electron chi connectivity index (χ1n) is 8.38. The highest BCUT2D eigenvalue weighted by atomic mass is 16.3. The first-order valence-corrected chi connectivity index (χ1v) is 8.38. The third-order valence-corrected chi connectivity index (χ3v) is 5.43. The molecule has 1 heterocycles. The standard InChI is InChI=1S/C16H30N2O/c1-12(19)14-8-15(17-9-13-6-7-13)11-18(10-14)16-4-2-3-5-16/h12-17,19H,2-11H2,1H3. The zero-order valence-corrected chi connectivity index (χ0v) is 12.4. The molecule has 3 aliphatic rings. The maximum atomic E-state index is 9.99. The van der Waals surface area contributed by atoms with Crippen molar-refractivity contribution in [3.8, 4) is 0 Å². The molecular weight excluding hydrogens is 236 g/mol. The van der Waals surface area contributed by atoms with Crippen LogP contribution in [0.4, 0.5) is 0 Å². The summed E-state index contributed by atoms with van der Waals surface area (Å²) in [7, 11) is 0. The molecule has 1 aliphatic heterocycles. The second kappa shape index (κ2) is 6.11. The number of hydrogen-bond acceptors (Lipinski definition) is 3. The van der Waals surface area contributed by atoms with Gasteiger partial charge >= 0.3 is 0 Å². The van der Waals surface area contributed by atoms with Gasteiger partial charge in [-0.05, 0) is 57.4 Å². The molecule has 0 bridgehead atoms. The smallest absolute Gasteiger partial charge is 0.0553 e. The fraction of sp³-hybridized carbons (Fsp3) is 1.00. The first kappa shape index (κ1) is 13.8. The lowest BCUT2D eigenvalue weighted by Gasteiger charge is -2.42. The monoisotopic (exact) mass is 266 g/mol. The van der Waals surface area contributed by atoms with E-state index in [-0.39, 0.29) is 6.10 Å². The van der Waals surface area contributed by atoms with Crippen LogP contribution < -0.4 is 5.32 Å². The molecule has 1 saturated heterocycles. The maximum absolute atomic E-state index is 9.99. The number of piperidine rings is 1. The molecule has 0 aromatic carbocycles. The summed E-state index contributed by atoms with van der Waals surface area (Å²) in [5.41, 5.74) is 0. The summed E-state index contributed by atoms with van der Waals surface area (Å²) in [5.74, 6) is 1.41. The van der Waals surface area contributed by atoms with Gasteiger partial charge in [0.25, 0.3) is 0 Å². The number of aliphatic hydroxyl groups excluding tert-OH is 1. The molecule has 3 fully saturated rings. The normalized spacial score (nSPS) is 35.7. The molecule has 0 radical (unpaired) electrons. The molecule has 3 heteroatoms. The van der Waals surface area contributed by atoms with Crippen LogP contribution in [0.3, 0.4) is 0 Å². The number of nitrogens with zero attached hydrogens (tertiary/aromatic N) is 1. The Hall–Kier alpha value is -0.120. The highest BCUT2D eigenvalue weighted by Crippen LogP contribution is 2.31. The van der Waals surface area contributed by atoms with Crippen LogP contribution in [0.25, 0.3) is 0 Å². The van der Waals surface area contributed by atoms with E-state index in [1.165, 1.54) is 51.6 Å². The molecule has 2 aliphatic carbocycles. The van der Waals surface area contributed by atoms with Crippen LogP contribution in [0, 0.1) is 11.8 Å². The first-order chi connectivity index (χ1) is 9.22. The van der Waals surface area contributed by atoms with Gasteiger partial charge in [-0.15, -0.1) is 0 Å². The number of hydrogen-bond donors (Lipinski definition) is 2. The number of likely N-dealkylation sites (tertiary alicyclic amines) is 1. The second-order valence-electron chi connectivity index (χ2n) is 7.18. The summed E-state index contributed by atoms with van der Waals surface area (Å²) in [4.78, 5) is 2.68. The van der Waals surface area contributed by atoms with Crippen molar-refractivity contribution in [1.29, 1.82) is 0 Å². The molecule has 3 rings (SSSR count). The van der Waals surface area contributed by atoms with Crippen molar-refractivity contribution in [2.75, 3.05) is 19.6 Å². The summed E-state index contributed by atoms with van der Waals surface area (Å²) in [6, 6.07) is 1.40. The number of aliphatic hydroxyl groups is 1. The van der Waals surface area contributed by atoms with Gasteiger partial charge in [-0.1, -0.05) is 12.8 Å². The molecule has 0 aromatic rings. The van der Waals surface area contributed by atoms with Crippen LogP contribution in [-0.4, -0.2) is 47.8 Å². The van der Waals surface area contributed by atoms with Crippen LogP contribution in [0.1, 0.15) is 51.9 Å². The zero-order chi connectivity index (χ0) is 13.2. The molecule has 0 aromatic heterocycles. The van der Waals surface area contributed by atoms with Crippen molar-refractivity contribution in [2.45, 2.75) is 70.1 Å². The Morgan fingerprint density at radius 1 is 1.16 bits per heavy atom. The van der Waals surface area contributed by atoms with Gasteiger partial charge in [-0.3, -0.25) is 4.90 Å². The minimum atomic E-state index is -0.158. The Labute approximate surface area is 117 Å². The van der Waals surface area contributed by atoms with Crippen molar-refractivity contribution in [1.82, 2.24) is 10.2 Å². The van der Waals surface area contributed by atoms with Gasteiger partial charge in [0.15, 0.2) is 0 Å². The molecular formula is C16H30N2O. The topological polar surface area (TPSA) is 35.5 Å². The van der Waals surface area contributed by atoms with Crippen LogP contribution in [0.2, 0.25) is 0 Å². The minimum absolute atomic E-state index is 0.158. The summed E-state index contributed by atoms with van der Waals surface area (Å²) in [6.07, 6.45) is 9.41. The molecule has 3 atom stereocenters. The highest BCUT2D eigenvalue weighted by Gasteiger charge is 2.34. The van der Waals surface area contributed by atoms with Crippen LogP contribution in [-0.2, 0) is 0 Å². The Bertz CT molecular complexity index is 284. The van der Waals surface area contributed by atoms with Gasteiger partial charge in [0, 0.05) is 25.2 Å². The molecule has 0 spiro atoms. The lowest BCUT2D eigenvalue weighted by molar-refractivity contribution is 0.0300. The number of rotatable bonds is 5. The Balaban J connectivity index is 1.56. The fourth-order valence-corrected chi connectivity index (χ4v) is 3.89. The van der Waals surface area contributed by atoms with Crippen LogP contribution in [0.5, 0.6) is 0 Å². The van der Waals surface area contributed by atoms with Gasteiger partial charge in [-0.25, -0.2) is 0 Å². The molecule has 3 unspecified atom stereocenters. The fourth-order valence-electron chi connectivity index (χ4n) is 3.89. The Morgan fingerprint density at radius 2 is 1.89 bits per heavy atom. The number of nitrogens with one attached hydrogen (secondary N) is 1. The van der Waals surface area contributed by atoms with Gasteiger partial charge in [-0.2, -0.15) is 0 Å². The quantitative estimate of drug-likeness (QED) is 0.799. The predicted molar refractivity (Wildman–Crippen MR) is 78.1 cm³/mol. The molecule has 2 saturated carbocycles. The lowest BCUT2D eigenvalue weighted by atomic mass is 9.89. The van der Waals surface area contributed by atoms with E-state index in [0.717, 1.165) is 24.9 Å². The third-order valence-electron chi connectivity index (χ3n) is 5.43. The van der Waals surface area contributed by atoms with E-state index in [0.29, 0.717) is 12.0 Å². The summed E-state index contributed by atoms with van der Waals surface area (Å²) < 4.78 is 0. The van der Waals surface area contributed by atoms with Gasteiger partial charge in [0.1, 0.15) is 0 Å². The summed E-state index contributed by atoms with van der Waals surface area (Å²) in [5, 5.41) is 13.8. The van der Waals surface area contributed by atoms with E-state index >= 15 is 0 Å². The highest BCUT2D eigenvalue weighted by molar-refractivity contribution is 4.91. The third kappa shape index (κ3) is 3.71. The van der Waals surface area contributed by atoms with E-state index in [2.05, 4.69) is 10.2 Å². The summed E-state index contributed by atoms with van der Waals surface area (Å²) in [6.45, 7) is 5.50. The average Bonchev–Trinajstić information content (AvgIpc) is 3.07. The van der Waals surface area contributed by atoms with E-state index in [4.69, 9.17) is 0 Å². The Kier molecular flexibility index (Phi) is 4.45. The maximum Gasteiger partial charge on any atom is 0.0553 e. The van der Waals surface area contributed by atoms with Crippen LogP contribution >= 0.6 is 0 Å². The molecule has 2 N–H and O–H groups in total. The van der Waals surface area contributed by atoms with Crippen molar-refractivity contribution < 1.29 is 5.11 Å². The van der Waals surface area contributed by atoms with Gasteiger partial charge in [0.05, 0.1) is 6.10 Å². The molecule has 3 nitrogen and oxygen atoms in total. The van der Waals surface area contributed by atoms with Crippen molar-refractivity contribution >= 4 is 0 Å². The van der Waals surface area contributed by atoms with Crippen molar-refractivity contribution in [3.63, 3.8) is 0 Å². The van der Waals surface area contributed by atoms with Gasteiger partial charge < -0.3 is 10.4 Å². The molecule has 110 valence electrons. The average molecular weight is 266 g/mol. The van der Waals surface area contributed by atoms with Gasteiger partial charge in [0.2, 0.25) is 0 Å². The SMILES string of the molecule is CC(O)C1CC(NCC2CC2)CN(C2CCCC2)C1. The molecule has 0 amide bonds. The van der Waals surface area contributed by atoms with Crippen molar-refractivity contribution in [2.24, 2.45) is 11.8 Å². The van der Waals surface area contributed by atoms with E-state index < -0.39 is 0 Å². The van der Waals surface area contributed by atoms with E-state index in [1.54, 1.807) is 0 Å². The molecule has 19 heavy (non-hydrogen) atoms. The van der Waals surface area contributed by atoms with E-state index in [9.17, 15) is 5.11 Å². The summed E-state index contributed by atoms with van der Waals surface area (Å²) >= 11 is 0. The minimum Gasteiger partial charge on any atom is -0.393 e. The van der Waals surface area contributed by atoms with Crippen LogP contribution in [0.15, 0.2) is 0 Å². The van der Waals surface area contributed by atoms with E-state index in [1.807, 2.05) is 6.92 Å². The van der Waals surface area contributed by atoms with Crippen molar-refractivity contribution in [3.05, 3.63) is 0 Å². The predicted octanol–water partition coefficient (Wildman–Crippen LogP) is 2.00. The largest absolute Gasteiger partial charge is 0.393 e. The lowest BCUT2D eigenvalue weighted by Crippen LogP contribution is -2.54. The zero-order valence-electron chi connectivity index (χ0n) is 12.4. The second-order valence-corrected chi connectivity index (χ2v) is 7.18.